The number of thiophene rings is 1. The number of nitrogen functional groups attached to an aromatic ring is 1. The van der Waals surface area contributed by atoms with Crippen LogP contribution in [-0.4, -0.2) is 17.4 Å². The fraction of sp³-hybridized carbons (Fsp3) is 0.500. The van der Waals surface area contributed by atoms with Crippen LogP contribution >= 0.6 is 11.3 Å². The molecule has 1 aliphatic carbocycles. The van der Waals surface area contributed by atoms with Gasteiger partial charge in [0.15, 0.2) is 0 Å². The second-order valence-electron chi connectivity index (χ2n) is 6.14. The number of anilines is 1. The summed E-state index contributed by atoms with van der Waals surface area (Å²) in [6, 6.07) is 3.87. The monoisotopic (exact) mass is 303 g/mol. The predicted octanol–water partition coefficient (Wildman–Crippen LogP) is 3.35. The van der Waals surface area contributed by atoms with Crippen molar-refractivity contribution < 1.29 is 4.79 Å². The first-order valence-corrected chi connectivity index (χ1v) is 8.30. The number of pyridine rings is 1. The van der Waals surface area contributed by atoms with Gasteiger partial charge in [0.2, 0.25) is 0 Å². The molecule has 5 heteroatoms. The molecule has 0 radical (unpaired) electrons. The number of carbonyl (C=O) groups is 1. The van der Waals surface area contributed by atoms with Crippen molar-refractivity contribution in [1.82, 2.24) is 10.3 Å². The second kappa shape index (κ2) is 5.64. The molecule has 3 rings (SSSR count). The Morgan fingerprint density at radius 3 is 3.00 bits per heavy atom. The van der Waals surface area contributed by atoms with Crippen molar-refractivity contribution in [2.45, 2.75) is 33.1 Å². The van der Waals surface area contributed by atoms with Gasteiger partial charge in [-0.15, -0.1) is 11.3 Å². The third-order valence-corrected chi connectivity index (χ3v) is 5.41. The topological polar surface area (TPSA) is 68.0 Å². The summed E-state index contributed by atoms with van der Waals surface area (Å²) in [4.78, 5) is 18.2. The fourth-order valence-corrected chi connectivity index (χ4v) is 4.14. The summed E-state index contributed by atoms with van der Waals surface area (Å²) >= 11 is 1.38. The Morgan fingerprint density at radius 1 is 1.48 bits per heavy atom. The Labute approximate surface area is 128 Å². The maximum atomic E-state index is 12.3. The van der Waals surface area contributed by atoms with Crippen molar-refractivity contribution in [3.63, 3.8) is 0 Å². The standard InChI is InChI=1S/C16H21N3OS/c1-9-3-5-11(7-9)8-18-15(20)14-13(17)12-6-4-10(2)19-16(12)21-14/h4,6,9,11H,3,5,7-8,17H2,1-2H3,(H,18,20). The van der Waals surface area contributed by atoms with Crippen LogP contribution in [0.25, 0.3) is 10.2 Å². The minimum Gasteiger partial charge on any atom is -0.397 e. The summed E-state index contributed by atoms with van der Waals surface area (Å²) < 4.78 is 0. The number of rotatable bonds is 3. The van der Waals surface area contributed by atoms with Gasteiger partial charge in [0.05, 0.1) is 5.69 Å². The molecule has 2 aromatic heterocycles. The van der Waals surface area contributed by atoms with Crippen LogP contribution in [0.5, 0.6) is 0 Å². The van der Waals surface area contributed by atoms with Crippen LogP contribution in [0.1, 0.15) is 41.6 Å². The summed E-state index contributed by atoms with van der Waals surface area (Å²) in [7, 11) is 0. The zero-order chi connectivity index (χ0) is 15.0. The van der Waals surface area contributed by atoms with E-state index in [0.29, 0.717) is 16.5 Å². The van der Waals surface area contributed by atoms with Crippen molar-refractivity contribution in [3.8, 4) is 0 Å². The number of amides is 1. The third-order valence-electron chi connectivity index (χ3n) is 4.29. The van der Waals surface area contributed by atoms with Gasteiger partial charge in [-0.05, 0) is 43.7 Å². The number of aryl methyl sites for hydroxylation is 1. The molecule has 2 aromatic rings. The molecule has 112 valence electrons. The molecule has 1 amide bonds. The van der Waals surface area contributed by atoms with Crippen LogP contribution < -0.4 is 11.1 Å². The lowest BCUT2D eigenvalue weighted by Crippen LogP contribution is -2.28. The van der Waals surface area contributed by atoms with Gasteiger partial charge in [0.25, 0.3) is 5.91 Å². The van der Waals surface area contributed by atoms with E-state index in [1.165, 1.54) is 30.6 Å². The third kappa shape index (κ3) is 2.88. The number of carbonyl (C=O) groups excluding carboxylic acids is 1. The molecule has 1 aliphatic rings. The molecular weight excluding hydrogens is 282 g/mol. The van der Waals surface area contributed by atoms with Crippen LogP contribution in [0, 0.1) is 18.8 Å². The van der Waals surface area contributed by atoms with E-state index in [1.54, 1.807) is 0 Å². The van der Waals surface area contributed by atoms with Gasteiger partial charge >= 0.3 is 0 Å². The molecule has 4 nitrogen and oxygen atoms in total. The first kappa shape index (κ1) is 14.3. The first-order valence-electron chi connectivity index (χ1n) is 7.48. The van der Waals surface area contributed by atoms with Gasteiger partial charge in [0, 0.05) is 17.6 Å². The number of hydrogen-bond donors (Lipinski definition) is 2. The molecule has 2 unspecified atom stereocenters. The Balaban J connectivity index is 1.74. The zero-order valence-corrected chi connectivity index (χ0v) is 13.3. The highest BCUT2D eigenvalue weighted by Gasteiger charge is 2.23. The average Bonchev–Trinajstić information content (AvgIpc) is 3.00. The van der Waals surface area contributed by atoms with Gasteiger partial charge in [-0.1, -0.05) is 13.3 Å². The zero-order valence-electron chi connectivity index (χ0n) is 12.5. The van der Waals surface area contributed by atoms with Crippen LogP contribution in [-0.2, 0) is 0 Å². The highest BCUT2D eigenvalue weighted by Crippen LogP contribution is 2.33. The van der Waals surface area contributed by atoms with Gasteiger partial charge in [-0.25, -0.2) is 4.98 Å². The van der Waals surface area contributed by atoms with Crippen molar-refractivity contribution >= 4 is 33.1 Å². The van der Waals surface area contributed by atoms with Crippen LogP contribution in [0.2, 0.25) is 0 Å². The highest BCUT2D eigenvalue weighted by atomic mass is 32.1. The average molecular weight is 303 g/mol. The van der Waals surface area contributed by atoms with E-state index in [4.69, 9.17) is 5.73 Å². The minimum absolute atomic E-state index is 0.0623. The van der Waals surface area contributed by atoms with Crippen LogP contribution in [0.3, 0.4) is 0 Å². The molecule has 21 heavy (non-hydrogen) atoms. The Bertz CT molecular complexity index is 679. The molecule has 1 saturated carbocycles. The Morgan fingerprint density at radius 2 is 2.29 bits per heavy atom. The molecule has 0 bridgehead atoms. The molecule has 0 aliphatic heterocycles. The van der Waals surface area contributed by atoms with E-state index in [1.807, 2.05) is 19.1 Å². The maximum absolute atomic E-state index is 12.3. The van der Waals surface area contributed by atoms with Gasteiger partial charge in [-0.3, -0.25) is 4.79 Å². The molecule has 2 heterocycles. The molecule has 0 aromatic carbocycles. The largest absolute Gasteiger partial charge is 0.397 e. The number of nitrogens with one attached hydrogen (secondary N) is 1. The lowest BCUT2D eigenvalue weighted by molar-refractivity contribution is 0.0952. The van der Waals surface area contributed by atoms with E-state index in [9.17, 15) is 4.79 Å². The molecular formula is C16H21N3OS. The molecule has 2 atom stereocenters. The maximum Gasteiger partial charge on any atom is 0.263 e. The van der Waals surface area contributed by atoms with Crippen LogP contribution in [0.4, 0.5) is 5.69 Å². The molecule has 1 fully saturated rings. The van der Waals surface area contributed by atoms with Gasteiger partial charge in [-0.2, -0.15) is 0 Å². The summed E-state index contributed by atoms with van der Waals surface area (Å²) in [5, 5.41) is 3.92. The lowest BCUT2D eigenvalue weighted by atomic mass is 10.1. The molecule has 3 N–H and O–H groups in total. The molecule has 0 spiro atoms. The lowest BCUT2D eigenvalue weighted by Gasteiger charge is -2.10. The minimum atomic E-state index is -0.0623. The van der Waals surface area contributed by atoms with Crippen molar-refractivity contribution in [2.24, 2.45) is 11.8 Å². The van der Waals surface area contributed by atoms with E-state index in [-0.39, 0.29) is 5.91 Å². The highest BCUT2D eigenvalue weighted by molar-refractivity contribution is 7.21. The summed E-state index contributed by atoms with van der Waals surface area (Å²) in [5.74, 6) is 1.33. The molecule has 0 saturated heterocycles. The number of nitrogens with zero attached hydrogens (tertiary/aromatic N) is 1. The van der Waals surface area contributed by atoms with E-state index in [0.717, 1.165) is 28.4 Å². The quantitative estimate of drug-likeness (QED) is 0.913. The summed E-state index contributed by atoms with van der Waals surface area (Å²) in [6.45, 7) is 4.97. The SMILES string of the molecule is Cc1ccc2c(N)c(C(=O)NCC3CCC(C)C3)sc2n1. The van der Waals surface area contributed by atoms with Crippen molar-refractivity contribution in [3.05, 3.63) is 22.7 Å². The Hall–Kier alpha value is -1.62. The predicted molar refractivity (Wildman–Crippen MR) is 87.6 cm³/mol. The van der Waals surface area contributed by atoms with Crippen molar-refractivity contribution in [2.75, 3.05) is 12.3 Å². The van der Waals surface area contributed by atoms with Gasteiger partial charge in [0.1, 0.15) is 9.71 Å². The van der Waals surface area contributed by atoms with Crippen LogP contribution in [0.15, 0.2) is 12.1 Å². The summed E-state index contributed by atoms with van der Waals surface area (Å²) in [6.07, 6.45) is 3.70. The van der Waals surface area contributed by atoms with E-state index < -0.39 is 0 Å². The smallest absolute Gasteiger partial charge is 0.263 e. The number of aromatic nitrogens is 1. The second-order valence-corrected chi connectivity index (χ2v) is 7.14. The number of hydrogen-bond acceptors (Lipinski definition) is 4. The number of fused-ring (bicyclic) bond motifs is 1. The van der Waals surface area contributed by atoms with Crippen molar-refractivity contribution in [1.29, 1.82) is 0 Å². The normalized spacial score (nSPS) is 21.8. The van der Waals surface area contributed by atoms with E-state index >= 15 is 0 Å². The fourth-order valence-electron chi connectivity index (χ4n) is 3.09. The van der Waals surface area contributed by atoms with Gasteiger partial charge < -0.3 is 11.1 Å². The summed E-state index contributed by atoms with van der Waals surface area (Å²) in [5.41, 5.74) is 7.60. The first-order chi connectivity index (χ1) is 10.0. The Kier molecular flexibility index (Phi) is 3.85. The van der Waals surface area contributed by atoms with E-state index in [2.05, 4.69) is 17.2 Å². The number of nitrogens with two attached hydrogens (primary N) is 1.